The molecule has 0 saturated heterocycles. The lowest BCUT2D eigenvalue weighted by atomic mass is 10.1. The second-order valence-corrected chi connectivity index (χ2v) is 8.40. The number of hydrogen-bond donors (Lipinski definition) is 1. The second kappa shape index (κ2) is 7.31. The minimum atomic E-state index is 0.00807. The first-order valence-electron chi connectivity index (χ1n) is 9.35. The number of carbonyl (C=O) groups excluding carboxylic acids is 2. The standard InChI is InChI=1S/C20H23N3O3S/c1-12(2)26-15-7-5-14(6-8-15)19(25)23-10-9-16-17(11-23)27-20(21-16)22-18(24)13-3-4-13/h5-8,12-13H,3-4,9-11H2,1-2H3,(H,21,22,24). The van der Waals surface area contributed by atoms with E-state index in [-0.39, 0.29) is 23.8 Å². The number of benzene rings is 1. The van der Waals surface area contributed by atoms with Crippen LogP contribution in [-0.4, -0.2) is 34.3 Å². The number of aromatic nitrogens is 1. The molecule has 2 aromatic rings. The molecule has 1 aromatic carbocycles. The number of amides is 2. The van der Waals surface area contributed by atoms with Gasteiger partial charge >= 0.3 is 0 Å². The Labute approximate surface area is 162 Å². The summed E-state index contributed by atoms with van der Waals surface area (Å²) in [6.07, 6.45) is 2.76. The summed E-state index contributed by atoms with van der Waals surface area (Å²) in [5.41, 5.74) is 1.65. The highest BCUT2D eigenvalue weighted by Crippen LogP contribution is 2.33. The molecule has 7 heteroatoms. The number of ether oxygens (including phenoxy) is 1. The Hall–Kier alpha value is -2.41. The molecule has 2 heterocycles. The van der Waals surface area contributed by atoms with E-state index < -0.39 is 0 Å². The summed E-state index contributed by atoms with van der Waals surface area (Å²) < 4.78 is 5.63. The van der Waals surface area contributed by atoms with Crippen molar-refractivity contribution in [2.24, 2.45) is 5.92 Å². The highest BCUT2D eigenvalue weighted by atomic mass is 32.1. The molecule has 1 aromatic heterocycles. The van der Waals surface area contributed by atoms with Crippen molar-refractivity contribution in [3.63, 3.8) is 0 Å². The van der Waals surface area contributed by atoms with Crippen LogP contribution in [0.3, 0.4) is 0 Å². The minimum Gasteiger partial charge on any atom is -0.491 e. The maximum absolute atomic E-state index is 12.8. The maximum atomic E-state index is 12.8. The van der Waals surface area contributed by atoms with Crippen LogP contribution in [0.2, 0.25) is 0 Å². The highest BCUT2D eigenvalue weighted by molar-refractivity contribution is 7.15. The van der Waals surface area contributed by atoms with Crippen LogP contribution in [0.25, 0.3) is 0 Å². The van der Waals surface area contributed by atoms with Crippen LogP contribution in [0.4, 0.5) is 5.13 Å². The smallest absolute Gasteiger partial charge is 0.254 e. The number of nitrogens with one attached hydrogen (secondary N) is 1. The Morgan fingerprint density at radius 2 is 2.00 bits per heavy atom. The summed E-state index contributed by atoms with van der Waals surface area (Å²) in [7, 11) is 0. The van der Waals surface area contributed by atoms with Gasteiger partial charge in [-0.15, -0.1) is 0 Å². The topological polar surface area (TPSA) is 71.5 Å². The zero-order valence-electron chi connectivity index (χ0n) is 15.5. The van der Waals surface area contributed by atoms with Crippen molar-refractivity contribution in [3.05, 3.63) is 40.4 Å². The molecule has 6 nitrogen and oxygen atoms in total. The van der Waals surface area contributed by atoms with Crippen LogP contribution in [0.5, 0.6) is 5.75 Å². The Balaban J connectivity index is 1.41. The number of nitrogens with zero attached hydrogens (tertiary/aromatic N) is 2. The van der Waals surface area contributed by atoms with Crippen molar-refractivity contribution in [2.45, 2.75) is 45.8 Å². The molecular weight excluding hydrogens is 362 g/mol. The summed E-state index contributed by atoms with van der Waals surface area (Å²) >= 11 is 1.48. The normalized spacial score (nSPS) is 16.2. The van der Waals surface area contributed by atoms with E-state index in [0.29, 0.717) is 30.2 Å². The summed E-state index contributed by atoms with van der Waals surface area (Å²) in [5.74, 6) is 0.999. The van der Waals surface area contributed by atoms with Gasteiger partial charge in [0.25, 0.3) is 5.91 Å². The first-order valence-corrected chi connectivity index (χ1v) is 10.2. The number of rotatable bonds is 5. The quantitative estimate of drug-likeness (QED) is 0.855. The Morgan fingerprint density at radius 1 is 1.26 bits per heavy atom. The third-order valence-corrected chi connectivity index (χ3v) is 5.67. The Morgan fingerprint density at radius 3 is 2.67 bits per heavy atom. The lowest BCUT2D eigenvalue weighted by molar-refractivity contribution is -0.117. The van der Waals surface area contributed by atoms with Gasteiger partial charge < -0.3 is 15.0 Å². The first-order chi connectivity index (χ1) is 13.0. The van der Waals surface area contributed by atoms with Gasteiger partial charge in [-0.1, -0.05) is 11.3 Å². The fourth-order valence-electron chi connectivity index (χ4n) is 3.11. The molecule has 1 saturated carbocycles. The van der Waals surface area contributed by atoms with Gasteiger partial charge in [-0.3, -0.25) is 9.59 Å². The lowest BCUT2D eigenvalue weighted by Gasteiger charge is -2.26. The molecule has 0 unspecified atom stereocenters. The van der Waals surface area contributed by atoms with Crippen LogP contribution in [0.15, 0.2) is 24.3 Å². The molecule has 0 radical (unpaired) electrons. The van der Waals surface area contributed by atoms with Crippen molar-refractivity contribution in [2.75, 3.05) is 11.9 Å². The van der Waals surface area contributed by atoms with Gasteiger partial charge in [0.1, 0.15) is 5.75 Å². The summed E-state index contributed by atoms with van der Waals surface area (Å²) in [4.78, 5) is 32.2. The summed E-state index contributed by atoms with van der Waals surface area (Å²) in [6, 6.07) is 7.29. The van der Waals surface area contributed by atoms with E-state index in [1.165, 1.54) is 11.3 Å². The van der Waals surface area contributed by atoms with E-state index >= 15 is 0 Å². The zero-order valence-corrected chi connectivity index (χ0v) is 16.3. The molecule has 1 aliphatic heterocycles. The van der Waals surface area contributed by atoms with Gasteiger partial charge in [-0.2, -0.15) is 0 Å². The van der Waals surface area contributed by atoms with Crippen molar-refractivity contribution in [1.29, 1.82) is 0 Å². The fourth-order valence-corrected chi connectivity index (χ4v) is 4.13. The number of anilines is 1. The molecule has 0 bridgehead atoms. The van der Waals surface area contributed by atoms with Crippen molar-refractivity contribution in [1.82, 2.24) is 9.88 Å². The second-order valence-electron chi connectivity index (χ2n) is 7.32. The molecule has 2 amide bonds. The molecule has 0 spiro atoms. The number of carbonyl (C=O) groups is 2. The van der Waals surface area contributed by atoms with Crippen LogP contribution in [0.1, 0.15) is 47.6 Å². The predicted molar refractivity (Wildman–Crippen MR) is 104 cm³/mol. The zero-order chi connectivity index (χ0) is 19.0. The molecule has 4 rings (SSSR count). The number of fused-ring (bicyclic) bond motifs is 1. The van der Waals surface area contributed by atoms with Crippen molar-refractivity contribution >= 4 is 28.3 Å². The van der Waals surface area contributed by atoms with Gasteiger partial charge in [0.05, 0.1) is 18.3 Å². The number of thiazole rings is 1. The summed E-state index contributed by atoms with van der Waals surface area (Å²) in [5, 5.41) is 3.56. The Kier molecular flexibility index (Phi) is 4.86. The predicted octanol–water partition coefficient (Wildman–Crippen LogP) is 3.48. The molecule has 1 N–H and O–H groups in total. The molecule has 2 aliphatic rings. The average molecular weight is 385 g/mol. The van der Waals surface area contributed by atoms with Gasteiger partial charge in [-0.05, 0) is 51.0 Å². The lowest BCUT2D eigenvalue weighted by Crippen LogP contribution is -2.35. The van der Waals surface area contributed by atoms with E-state index in [1.54, 1.807) is 0 Å². The molecule has 27 heavy (non-hydrogen) atoms. The van der Waals surface area contributed by atoms with Gasteiger partial charge in [0.15, 0.2) is 5.13 Å². The van der Waals surface area contributed by atoms with E-state index in [2.05, 4.69) is 10.3 Å². The van der Waals surface area contributed by atoms with E-state index in [0.717, 1.165) is 29.2 Å². The minimum absolute atomic E-state index is 0.00807. The third-order valence-electron chi connectivity index (χ3n) is 4.67. The van der Waals surface area contributed by atoms with Crippen molar-refractivity contribution < 1.29 is 14.3 Å². The molecule has 0 atom stereocenters. The van der Waals surface area contributed by atoms with Crippen LogP contribution < -0.4 is 10.1 Å². The van der Waals surface area contributed by atoms with Crippen LogP contribution in [0, 0.1) is 5.92 Å². The number of hydrogen-bond acceptors (Lipinski definition) is 5. The van der Waals surface area contributed by atoms with E-state index in [4.69, 9.17) is 4.74 Å². The summed E-state index contributed by atoms with van der Waals surface area (Å²) in [6.45, 7) is 5.12. The van der Waals surface area contributed by atoms with Gasteiger partial charge in [0, 0.05) is 29.3 Å². The largest absolute Gasteiger partial charge is 0.491 e. The third kappa shape index (κ3) is 4.13. The first kappa shape index (κ1) is 18.0. The van der Waals surface area contributed by atoms with Gasteiger partial charge in [-0.25, -0.2) is 4.98 Å². The van der Waals surface area contributed by atoms with Gasteiger partial charge in [0.2, 0.25) is 5.91 Å². The maximum Gasteiger partial charge on any atom is 0.254 e. The van der Waals surface area contributed by atoms with E-state index in [9.17, 15) is 9.59 Å². The van der Waals surface area contributed by atoms with Crippen LogP contribution >= 0.6 is 11.3 Å². The highest BCUT2D eigenvalue weighted by Gasteiger charge is 2.31. The monoisotopic (exact) mass is 385 g/mol. The van der Waals surface area contributed by atoms with Crippen molar-refractivity contribution in [3.8, 4) is 5.75 Å². The fraction of sp³-hybridized carbons (Fsp3) is 0.450. The average Bonchev–Trinajstić information content (AvgIpc) is 3.41. The molecular formula is C20H23N3O3S. The molecule has 142 valence electrons. The SMILES string of the molecule is CC(C)Oc1ccc(C(=O)N2CCc3nc(NC(=O)C4CC4)sc3C2)cc1. The Bertz CT molecular complexity index is 856. The molecule has 1 fully saturated rings. The van der Waals surface area contributed by atoms with Crippen LogP contribution in [-0.2, 0) is 17.8 Å². The molecule has 1 aliphatic carbocycles. The van der Waals surface area contributed by atoms with E-state index in [1.807, 2.05) is 43.0 Å².